The molecule has 0 aliphatic carbocycles. The number of rotatable bonds is 4. The van der Waals surface area contributed by atoms with Crippen molar-refractivity contribution < 1.29 is 13.7 Å². The number of hydrogen-bond acceptors (Lipinski definition) is 5. The summed E-state index contributed by atoms with van der Waals surface area (Å²) in [5.41, 5.74) is 2.15. The first-order valence-electron chi connectivity index (χ1n) is 9.07. The van der Waals surface area contributed by atoms with E-state index in [0.29, 0.717) is 41.1 Å². The van der Waals surface area contributed by atoms with Crippen molar-refractivity contribution in [3.8, 4) is 11.6 Å². The van der Waals surface area contributed by atoms with E-state index in [-0.39, 0.29) is 18.2 Å². The van der Waals surface area contributed by atoms with Crippen molar-refractivity contribution in [2.75, 3.05) is 6.54 Å². The zero-order chi connectivity index (χ0) is 20.0. The minimum atomic E-state index is -0.408. The van der Waals surface area contributed by atoms with Crippen LogP contribution in [0, 0.1) is 5.82 Å². The highest BCUT2D eigenvalue weighted by Gasteiger charge is 2.34. The molecule has 1 N–H and O–H groups in total. The standard InChI is InChI=1S/C20H15ClFN5O2/c21-15-8-13(22)6-5-11(15)9-27-10-12(7-17(27)28)19-23-20(29-26-19)18-14-3-1-2-4-16(14)24-25-18/h1-6,8,12H,7,9-10H2,(H,24,25). The molecule has 1 atom stereocenters. The molecule has 2 aromatic heterocycles. The van der Waals surface area contributed by atoms with Crippen molar-refractivity contribution in [1.82, 2.24) is 25.2 Å². The van der Waals surface area contributed by atoms with Crippen LogP contribution in [0.1, 0.15) is 23.7 Å². The van der Waals surface area contributed by atoms with Crippen molar-refractivity contribution in [1.29, 1.82) is 0 Å². The van der Waals surface area contributed by atoms with Crippen LogP contribution in [-0.4, -0.2) is 37.7 Å². The highest BCUT2D eigenvalue weighted by molar-refractivity contribution is 6.31. The lowest BCUT2D eigenvalue weighted by Gasteiger charge is -2.17. The van der Waals surface area contributed by atoms with Gasteiger partial charge in [-0.1, -0.05) is 41.0 Å². The van der Waals surface area contributed by atoms with Crippen molar-refractivity contribution in [3.63, 3.8) is 0 Å². The maximum absolute atomic E-state index is 13.2. The van der Waals surface area contributed by atoms with Crippen molar-refractivity contribution in [3.05, 3.63) is 64.7 Å². The van der Waals surface area contributed by atoms with Gasteiger partial charge >= 0.3 is 0 Å². The summed E-state index contributed by atoms with van der Waals surface area (Å²) in [7, 11) is 0. The molecule has 2 aromatic carbocycles. The highest BCUT2D eigenvalue weighted by atomic mass is 35.5. The van der Waals surface area contributed by atoms with Crippen molar-refractivity contribution >= 4 is 28.4 Å². The Morgan fingerprint density at radius 1 is 1.28 bits per heavy atom. The summed E-state index contributed by atoms with van der Waals surface area (Å²) < 4.78 is 18.7. The Hall–Kier alpha value is -3.26. The highest BCUT2D eigenvalue weighted by Crippen LogP contribution is 2.31. The Balaban J connectivity index is 1.35. The summed E-state index contributed by atoms with van der Waals surface area (Å²) in [6.07, 6.45) is 0.277. The lowest BCUT2D eigenvalue weighted by Crippen LogP contribution is -2.24. The molecule has 146 valence electrons. The molecule has 1 aliphatic rings. The average Bonchev–Trinajstić information content (AvgIpc) is 3.42. The molecule has 7 nitrogen and oxygen atoms in total. The largest absolute Gasteiger partial charge is 0.338 e. The van der Waals surface area contributed by atoms with Crippen LogP contribution in [-0.2, 0) is 11.3 Å². The second-order valence-electron chi connectivity index (χ2n) is 6.99. The summed E-state index contributed by atoms with van der Waals surface area (Å²) in [5.74, 6) is 0.143. The zero-order valence-electron chi connectivity index (χ0n) is 15.1. The van der Waals surface area contributed by atoms with Gasteiger partial charge in [0.15, 0.2) is 11.5 Å². The fourth-order valence-corrected chi connectivity index (χ4v) is 3.80. The van der Waals surface area contributed by atoms with Gasteiger partial charge in [0.25, 0.3) is 5.89 Å². The summed E-state index contributed by atoms with van der Waals surface area (Å²) in [6, 6.07) is 11.8. The lowest BCUT2D eigenvalue weighted by molar-refractivity contribution is -0.128. The minimum Gasteiger partial charge on any atom is -0.338 e. The van der Waals surface area contributed by atoms with E-state index in [1.54, 1.807) is 11.0 Å². The van der Waals surface area contributed by atoms with Crippen molar-refractivity contribution in [2.24, 2.45) is 0 Å². The number of nitrogens with one attached hydrogen (secondary N) is 1. The normalized spacial score (nSPS) is 16.8. The molecule has 0 saturated carbocycles. The SMILES string of the molecule is O=C1CC(c2noc(-c3n[nH]c4ccccc34)n2)CN1Cc1ccc(F)cc1Cl. The van der Waals surface area contributed by atoms with Gasteiger partial charge in [-0.25, -0.2) is 4.39 Å². The van der Waals surface area contributed by atoms with Gasteiger partial charge in [0.1, 0.15) is 5.82 Å². The van der Waals surface area contributed by atoms with Crippen LogP contribution in [0.15, 0.2) is 47.0 Å². The number of nitrogens with zero attached hydrogens (tertiary/aromatic N) is 4. The number of H-pyrrole nitrogens is 1. The van der Waals surface area contributed by atoms with Crippen molar-refractivity contribution in [2.45, 2.75) is 18.9 Å². The molecule has 1 saturated heterocycles. The van der Waals surface area contributed by atoms with Gasteiger partial charge in [-0.05, 0) is 23.8 Å². The number of benzene rings is 2. The number of hydrogen-bond donors (Lipinski definition) is 1. The molecule has 5 rings (SSSR count). The topological polar surface area (TPSA) is 87.9 Å². The fourth-order valence-electron chi connectivity index (χ4n) is 3.58. The number of fused-ring (bicyclic) bond motifs is 1. The fraction of sp³-hybridized carbons (Fsp3) is 0.200. The van der Waals surface area contributed by atoms with Crippen LogP contribution < -0.4 is 0 Å². The van der Waals surface area contributed by atoms with E-state index in [0.717, 1.165) is 10.9 Å². The van der Waals surface area contributed by atoms with Crippen LogP contribution in [0.2, 0.25) is 5.02 Å². The number of aromatic amines is 1. The number of carbonyl (C=O) groups is 1. The minimum absolute atomic E-state index is 0.0352. The quantitative estimate of drug-likeness (QED) is 0.550. The summed E-state index contributed by atoms with van der Waals surface area (Å²) in [5, 5.41) is 12.5. The predicted octanol–water partition coefficient (Wildman–Crippen LogP) is 3.92. The van der Waals surface area contributed by atoms with E-state index < -0.39 is 5.82 Å². The van der Waals surface area contributed by atoms with E-state index in [9.17, 15) is 9.18 Å². The average molecular weight is 412 g/mol. The number of aromatic nitrogens is 4. The molecule has 0 radical (unpaired) electrons. The molecule has 3 heterocycles. The molecule has 9 heteroatoms. The second-order valence-corrected chi connectivity index (χ2v) is 7.39. The van der Waals surface area contributed by atoms with E-state index >= 15 is 0 Å². The van der Waals surface area contributed by atoms with E-state index in [1.807, 2.05) is 24.3 Å². The Labute approximate surface area is 169 Å². The van der Waals surface area contributed by atoms with Gasteiger partial charge in [0.2, 0.25) is 5.91 Å². The van der Waals surface area contributed by atoms with Crippen LogP contribution >= 0.6 is 11.6 Å². The first-order chi connectivity index (χ1) is 14.1. The zero-order valence-corrected chi connectivity index (χ0v) is 15.9. The first kappa shape index (κ1) is 17.8. The summed E-state index contributed by atoms with van der Waals surface area (Å²) in [4.78, 5) is 18.6. The first-order valence-corrected chi connectivity index (χ1v) is 9.45. The number of para-hydroxylation sites is 1. The molecule has 4 aromatic rings. The molecule has 0 bridgehead atoms. The van der Waals surface area contributed by atoms with Gasteiger partial charge < -0.3 is 9.42 Å². The molecule has 1 aliphatic heterocycles. The molecule has 1 unspecified atom stereocenters. The monoisotopic (exact) mass is 411 g/mol. The van der Waals surface area contributed by atoms with E-state index in [4.69, 9.17) is 16.1 Å². The van der Waals surface area contributed by atoms with Crippen LogP contribution in [0.25, 0.3) is 22.5 Å². The Morgan fingerprint density at radius 3 is 3.00 bits per heavy atom. The van der Waals surface area contributed by atoms with Gasteiger partial charge in [-0.3, -0.25) is 9.89 Å². The van der Waals surface area contributed by atoms with E-state index in [2.05, 4.69) is 20.3 Å². The molecular weight excluding hydrogens is 397 g/mol. The maximum atomic E-state index is 13.2. The molecular formula is C20H15ClFN5O2. The third kappa shape index (κ3) is 3.25. The van der Waals surface area contributed by atoms with Crippen LogP contribution in [0.4, 0.5) is 4.39 Å². The van der Waals surface area contributed by atoms with Gasteiger partial charge in [-0.15, -0.1) is 0 Å². The van der Waals surface area contributed by atoms with E-state index in [1.165, 1.54) is 12.1 Å². The van der Waals surface area contributed by atoms with Crippen LogP contribution in [0.5, 0.6) is 0 Å². The number of halogens is 2. The Bertz CT molecular complexity index is 1220. The third-order valence-corrected chi connectivity index (χ3v) is 5.42. The third-order valence-electron chi connectivity index (χ3n) is 5.07. The Kier molecular flexibility index (Phi) is 4.28. The smallest absolute Gasteiger partial charge is 0.279 e. The molecule has 1 fully saturated rings. The van der Waals surface area contributed by atoms with Crippen LogP contribution in [0.3, 0.4) is 0 Å². The summed E-state index contributed by atoms with van der Waals surface area (Å²) >= 11 is 6.09. The van der Waals surface area contributed by atoms with Gasteiger partial charge in [0.05, 0.1) is 5.52 Å². The second kappa shape index (κ2) is 6.97. The lowest BCUT2D eigenvalue weighted by atomic mass is 10.1. The number of carbonyl (C=O) groups excluding carboxylic acids is 1. The molecule has 1 amide bonds. The number of amides is 1. The molecule has 0 spiro atoms. The maximum Gasteiger partial charge on any atom is 0.279 e. The predicted molar refractivity (Wildman–Crippen MR) is 104 cm³/mol. The Morgan fingerprint density at radius 2 is 2.14 bits per heavy atom. The van der Waals surface area contributed by atoms with Gasteiger partial charge in [-0.2, -0.15) is 10.1 Å². The molecule has 29 heavy (non-hydrogen) atoms. The summed E-state index contributed by atoms with van der Waals surface area (Å²) in [6.45, 7) is 0.746. The number of likely N-dealkylation sites (tertiary alicyclic amines) is 1. The van der Waals surface area contributed by atoms with Gasteiger partial charge in [0, 0.05) is 35.8 Å².